The molecule has 0 aromatic carbocycles. The fraction of sp³-hybridized carbons (Fsp3) is 0.688. The van der Waals surface area contributed by atoms with E-state index in [9.17, 15) is 19.3 Å². The summed E-state index contributed by atoms with van der Waals surface area (Å²) in [7, 11) is 0. The molecule has 1 amide bonds. The SMILES string of the molecule is NC(=O)C1CCC(Nc2nc(N[C@H]3CCOC[C@@H]3F)ncc2[N+](=O)[O-])CC1. The first kappa shape index (κ1) is 19.2. The zero-order valence-corrected chi connectivity index (χ0v) is 14.8. The van der Waals surface area contributed by atoms with Crippen LogP contribution in [0.2, 0.25) is 0 Å². The number of carbonyl (C=O) groups is 1. The van der Waals surface area contributed by atoms with Crippen LogP contribution in [0, 0.1) is 16.0 Å². The highest BCUT2D eigenvalue weighted by molar-refractivity contribution is 5.76. The van der Waals surface area contributed by atoms with E-state index in [0.29, 0.717) is 38.7 Å². The van der Waals surface area contributed by atoms with Crippen LogP contribution in [0.25, 0.3) is 0 Å². The number of rotatable bonds is 6. The second kappa shape index (κ2) is 8.42. The molecule has 1 aromatic heterocycles. The van der Waals surface area contributed by atoms with E-state index in [4.69, 9.17) is 10.5 Å². The highest BCUT2D eigenvalue weighted by atomic mass is 19.1. The Morgan fingerprint density at radius 2 is 2.04 bits per heavy atom. The first-order valence-corrected chi connectivity index (χ1v) is 8.99. The lowest BCUT2D eigenvalue weighted by Crippen LogP contribution is -2.39. The molecule has 0 spiro atoms. The quantitative estimate of drug-likeness (QED) is 0.494. The van der Waals surface area contributed by atoms with Gasteiger partial charge in [-0.1, -0.05) is 0 Å². The molecule has 1 aliphatic carbocycles. The zero-order chi connectivity index (χ0) is 19.4. The van der Waals surface area contributed by atoms with Gasteiger partial charge in [0.1, 0.15) is 12.4 Å². The molecule has 1 aromatic rings. The molecule has 1 aliphatic heterocycles. The third-order valence-electron chi connectivity index (χ3n) is 5.04. The Labute approximate surface area is 155 Å². The summed E-state index contributed by atoms with van der Waals surface area (Å²) in [5, 5.41) is 17.3. The van der Waals surface area contributed by atoms with Gasteiger partial charge in [-0.3, -0.25) is 14.9 Å². The van der Waals surface area contributed by atoms with Crippen molar-refractivity contribution in [2.24, 2.45) is 11.7 Å². The maximum absolute atomic E-state index is 13.9. The van der Waals surface area contributed by atoms with Crippen LogP contribution >= 0.6 is 0 Å². The van der Waals surface area contributed by atoms with Gasteiger partial charge in [-0.15, -0.1) is 0 Å². The zero-order valence-electron chi connectivity index (χ0n) is 14.8. The van der Waals surface area contributed by atoms with Crippen molar-refractivity contribution in [1.82, 2.24) is 9.97 Å². The molecule has 3 rings (SSSR count). The number of nitrogens with one attached hydrogen (secondary N) is 2. The van der Waals surface area contributed by atoms with Gasteiger partial charge in [0.25, 0.3) is 0 Å². The molecule has 11 heteroatoms. The van der Waals surface area contributed by atoms with Crippen LogP contribution in [0.4, 0.5) is 21.8 Å². The standard InChI is InChI=1S/C16H23FN6O4/c17-11-8-27-6-5-12(11)21-16-19-7-13(23(25)26)15(22-16)20-10-3-1-9(2-4-10)14(18)24/h7,9-12H,1-6,8H2,(H2,18,24)(H2,19,20,21,22)/t9?,10?,11-,12-/m0/s1. The third-order valence-corrected chi connectivity index (χ3v) is 5.04. The number of hydrogen-bond acceptors (Lipinski definition) is 8. The van der Waals surface area contributed by atoms with Gasteiger partial charge in [0.15, 0.2) is 0 Å². The summed E-state index contributed by atoms with van der Waals surface area (Å²) in [6, 6.07) is -0.557. The Kier molecular flexibility index (Phi) is 5.99. The van der Waals surface area contributed by atoms with Crippen molar-refractivity contribution < 1.29 is 18.8 Å². The summed E-state index contributed by atoms with van der Waals surface area (Å²) in [4.78, 5) is 30.1. The van der Waals surface area contributed by atoms with Gasteiger partial charge < -0.3 is 21.1 Å². The molecule has 1 saturated carbocycles. The van der Waals surface area contributed by atoms with Crippen molar-refractivity contribution in [3.05, 3.63) is 16.3 Å². The number of ether oxygens (including phenoxy) is 1. The first-order chi connectivity index (χ1) is 12.9. The van der Waals surface area contributed by atoms with Crippen LogP contribution in [0.15, 0.2) is 6.20 Å². The van der Waals surface area contributed by atoms with Crippen molar-refractivity contribution in [3.8, 4) is 0 Å². The van der Waals surface area contributed by atoms with E-state index in [1.807, 2.05) is 0 Å². The normalized spacial score (nSPS) is 28.3. The molecule has 0 bridgehead atoms. The molecule has 2 fully saturated rings. The highest BCUT2D eigenvalue weighted by Crippen LogP contribution is 2.29. The van der Waals surface area contributed by atoms with Crippen LogP contribution in [-0.4, -0.2) is 52.3 Å². The lowest BCUT2D eigenvalue weighted by Gasteiger charge is -2.28. The van der Waals surface area contributed by atoms with Gasteiger partial charge in [-0.05, 0) is 32.1 Å². The molecule has 2 aliphatic rings. The number of halogens is 1. The maximum atomic E-state index is 13.9. The largest absolute Gasteiger partial charge is 0.378 e. The Morgan fingerprint density at radius 1 is 1.30 bits per heavy atom. The first-order valence-electron chi connectivity index (χ1n) is 8.99. The number of carbonyl (C=O) groups excluding carboxylic acids is 1. The van der Waals surface area contributed by atoms with Crippen LogP contribution < -0.4 is 16.4 Å². The minimum absolute atomic E-state index is 0.00113. The van der Waals surface area contributed by atoms with E-state index in [1.54, 1.807) is 0 Å². The van der Waals surface area contributed by atoms with Crippen LogP contribution in [0.3, 0.4) is 0 Å². The molecule has 1 saturated heterocycles. The molecule has 27 heavy (non-hydrogen) atoms. The molecule has 4 N–H and O–H groups in total. The number of primary amides is 1. The van der Waals surface area contributed by atoms with Crippen molar-refractivity contribution in [3.63, 3.8) is 0 Å². The second-order valence-electron chi connectivity index (χ2n) is 6.91. The Morgan fingerprint density at radius 3 is 2.67 bits per heavy atom. The van der Waals surface area contributed by atoms with E-state index in [-0.39, 0.29) is 41.9 Å². The number of amides is 1. The number of alkyl halides is 1. The molecule has 10 nitrogen and oxygen atoms in total. The number of hydrogen-bond donors (Lipinski definition) is 3. The summed E-state index contributed by atoms with van der Waals surface area (Å²) < 4.78 is 19.0. The number of nitrogens with zero attached hydrogens (tertiary/aromatic N) is 3. The Hall–Kier alpha value is -2.56. The number of anilines is 2. The van der Waals surface area contributed by atoms with Crippen LogP contribution in [0.5, 0.6) is 0 Å². The second-order valence-corrected chi connectivity index (χ2v) is 6.91. The van der Waals surface area contributed by atoms with Crippen LogP contribution in [-0.2, 0) is 9.53 Å². The van der Waals surface area contributed by atoms with E-state index in [1.165, 1.54) is 0 Å². The van der Waals surface area contributed by atoms with Gasteiger partial charge >= 0.3 is 5.69 Å². The number of aromatic nitrogens is 2. The predicted molar refractivity (Wildman–Crippen MR) is 95.0 cm³/mol. The molecule has 2 heterocycles. The Balaban J connectivity index is 1.70. The van der Waals surface area contributed by atoms with Crippen molar-refractivity contribution in [2.45, 2.75) is 50.4 Å². The summed E-state index contributed by atoms with van der Waals surface area (Å²) in [5.74, 6) is -0.258. The topological polar surface area (TPSA) is 145 Å². The fourth-order valence-corrected chi connectivity index (χ4v) is 3.43. The molecular weight excluding hydrogens is 359 g/mol. The predicted octanol–water partition coefficient (Wildman–Crippen LogP) is 1.38. The lowest BCUT2D eigenvalue weighted by atomic mass is 9.85. The molecule has 0 radical (unpaired) electrons. The van der Waals surface area contributed by atoms with Crippen molar-refractivity contribution >= 4 is 23.4 Å². The van der Waals surface area contributed by atoms with E-state index < -0.39 is 17.1 Å². The average molecular weight is 382 g/mol. The lowest BCUT2D eigenvalue weighted by molar-refractivity contribution is -0.384. The number of nitro groups is 1. The smallest absolute Gasteiger partial charge is 0.329 e. The van der Waals surface area contributed by atoms with Crippen molar-refractivity contribution in [1.29, 1.82) is 0 Å². The van der Waals surface area contributed by atoms with Gasteiger partial charge in [0.2, 0.25) is 17.7 Å². The van der Waals surface area contributed by atoms with E-state index in [2.05, 4.69) is 20.6 Å². The summed E-state index contributed by atoms with van der Waals surface area (Å²) in [5.41, 5.74) is 5.08. The summed E-state index contributed by atoms with van der Waals surface area (Å²) >= 11 is 0. The van der Waals surface area contributed by atoms with Crippen molar-refractivity contribution in [2.75, 3.05) is 23.8 Å². The van der Waals surface area contributed by atoms with Gasteiger partial charge in [-0.2, -0.15) is 4.98 Å². The highest BCUT2D eigenvalue weighted by Gasteiger charge is 2.29. The minimum atomic E-state index is -1.20. The molecule has 0 unspecified atom stereocenters. The van der Waals surface area contributed by atoms with E-state index in [0.717, 1.165) is 6.20 Å². The average Bonchev–Trinajstić information content (AvgIpc) is 2.64. The summed E-state index contributed by atoms with van der Waals surface area (Å²) in [6.45, 7) is 0.429. The van der Waals surface area contributed by atoms with Gasteiger partial charge in [-0.25, -0.2) is 9.37 Å². The molecule has 2 atom stereocenters. The third kappa shape index (κ3) is 4.79. The minimum Gasteiger partial charge on any atom is -0.378 e. The monoisotopic (exact) mass is 382 g/mol. The fourth-order valence-electron chi connectivity index (χ4n) is 3.43. The Bertz CT molecular complexity index is 697. The van der Waals surface area contributed by atoms with Crippen LogP contribution in [0.1, 0.15) is 32.1 Å². The number of nitrogens with two attached hydrogens (primary N) is 1. The summed E-state index contributed by atoms with van der Waals surface area (Å²) in [6.07, 6.45) is 2.94. The molecule has 148 valence electrons. The maximum Gasteiger partial charge on any atom is 0.329 e. The van der Waals surface area contributed by atoms with Gasteiger partial charge in [0.05, 0.1) is 17.6 Å². The van der Waals surface area contributed by atoms with Gasteiger partial charge in [0, 0.05) is 18.6 Å². The molecular formula is C16H23FN6O4. The van der Waals surface area contributed by atoms with E-state index >= 15 is 0 Å².